The maximum Gasteiger partial charge on any atom is 0.262 e. The van der Waals surface area contributed by atoms with Crippen molar-refractivity contribution in [3.63, 3.8) is 0 Å². The molecule has 32 heavy (non-hydrogen) atoms. The average Bonchev–Trinajstić information content (AvgIpc) is 3.48. The zero-order chi connectivity index (χ0) is 22.7. The van der Waals surface area contributed by atoms with Crippen molar-refractivity contribution < 1.29 is 23.1 Å². The number of hydrogen-bond acceptors (Lipinski definition) is 5. The minimum absolute atomic E-state index is 0.173. The van der Waals surface area contributed by atoms with Crippen LogP contribution in [0.15, 0.2) is 76.4 Å². The van der Waals surface area contributed by atoms with Crippen LogP contribution in [-0.4, -0.2) is 48.1 Å². The lowest BCUT2D eigenvalue weighted by Crippen LogP contribution is -2.39. The largest absolute Gasteiger partial charge is 0.497 e. The molecule has 8 heteroatoms. The summed E-state index contributed by atoms with van der Waals surface area (Å²) in [6.07, 6.45) is 2.01. The highest BCUT2D eigenvalue weighted by molar-refractivity contribution is 6.03. The van der Waals surface area contributed by atoms with E-state index in [1.54, 1.807) is 25.5 Å². The second kappa shape index (κ2) is 9.05. The quantitative estimate of drug-likeness (QED) is 0.589. The Morgan fingerprint density at radius 3 is 2.62 bits per heavy atom. The molecule has 164 valence electrons. The van der Waals surface area contributed by atoms with E-state index >= 15 is 0 Å². The molecule has 1 aromatic heterocycles. The number of rotatable bonds is 6. The van der Waals surface area contributed by atoms with E-state index in [4.69, 9.17) is 9.15 Å². The van der Waals surface area contributed by atoms with Crippen LogP contribution >= 0.6 is 0 Å². The van der Waals surface area contributed by atoms with E-state index in [-0.39, 0.29) is 18.0 Å². The molecule has 2 aromatic carbocycles. The standard InChI is InChI=1S/C24H22FN3O4/c1-27(24(30)17-5-3-6-18(25)13-17)15-23(29)28-21(22-7-4-12-32-22)14-20(26-28)16-8-10-19(31-2)11-9-16/h3-13,21H,14-15H2,1-2H3/t21-/m1/s1. The van der Waals surface area contributed by atoms with Gasteiger partial charge in [-0.1, -0.05) is 6.07 Å². The summed E-state index contributed by atoms with van der Waals surface area (Å²) in [5.74, 6) is -0.0140. The number of methoxy groups -OCH3 is 1. The number of furan rings is 1. The molecule has 3 aromatic rings. The van der Waals surface area contributed by atoms with Crippen LogP contribution in [0.5, 0.6) is 5.75 Å². The molecule has 1 atom stereocenters. The van der Waals surface area contributed by atoms with Gasteiger partial charge in [0, 0.05) is 19.0 Å². The Bertz CT molecular complexity index is 1140. The number of likely N-dealkylation sites (N-methyl/N-ethyl adjacent to an activating group) is 1. The molecule has 0 bridgehead atoms. The van der Waals surface area contributed by atoms with Crippen LogP contribution in [-0.2, 0) is 4.79 Å². The summed E-state index contributed by atoms with van der Waals surface area (Å²) in [7, 11) is 3.09. The van der Waals surface area contributed by atoms with Crippen molar-refractivity contribution in [3.8, 4) is 5.75 Å². The fourth-order valence-corrected chi connectivity index (χ4v) is 3.59. The van der Waals surface area contributed by atoms with Gasteiger partial charge in [0.1, 0.15) is 29.9 Å². The normalized spacial score (nSPS) is 15.4. The molecular formula is C24H22FN3O4. The highest BCUT2D eigenvalue weighted by atomic mass is 19.1. The van der Waals surface area contributed by atoms with Crippen LogP contribution < -0.4 is 4.74 Å². The summed E-state index contributed by atoms with van der Waals surface area (Å²) < 4.78 is 24.2. The van der Waals surface area contributed by atoms with Gasteiger partial charge in [0.2, 0.25) is 0 Å². The molecule has 1 aliphatic heterocycles. The molecule has 0 aliphatic carbocycles. The van der Waals surface area contributed by atoms with Crippen LogP contribution in [0.25, 0.3) is 0 Å². The molecule has 1 aliphatic rings. The minimum atomic E-state index is -0.512. The van der Waals surface area contributed by atoms with Crippen LogP contribution in [0.1, 0.15) is 34.1 Å². The van der Waals surface area contributed by atoms with Crippen molar-refractivity contribution in [1.82, 2.24) is 9.91 Å². The number of ether oxygens (including phenoxy) is 1. The topological polar surface area (TPSA) is 75.3 Å². The molecule has 2 heterocycles. The number of carbonyl (C=O) groups excluding carboxylic acids is 2. The van der Waals surface area contributed by atoms with Crippen molar-refractivity contribution in [2.75, 3.05) is 20.7 Å². The van der Waals surface area contributed by atoms with Gasteiger partial charge in [0.05, 0.1) is 19.1 Å². The second-order valence-electron chi connectivity index (χ2n) is 7.42. The molecule has 0 saturated heterocycles. The van der Waals surface area contributed by atoms with Gasteiger partial charge in [-0.3, -0.25) is 9.59 Å². The smallest absolute Gasteiger partial charge is 0.262 e. The second-order valence-corrected chi connectivity index (χ2v) is 7.42. The van der Waals surface area contributed by atoms with Crippen LogP contribution in [0, 0.1) is 5.82 Å². The van der Waals surface area contributed by atoms with E-state index in [2.05, 4.69) is 5.10 Å². The molecule has 0 saturated carbocycles. The van der Waals surface area contributed by atoms with Crippen molar-refractivity contribution in [2.45, 2.75) is 12.5 Å². The summed E-state index contributed by atoms with van der Waals surface area (Å²) in [6, 6.07) is 15.9. The van der Waals surface area contributed by atoms with E-state index in [1.165, 1.54) is 35.2 Å². The molecule has 7 nitrogen and oxygen atoms in total. The molecule has 0 fully saturated rings. The van der Waals surface area contributed by atoms with Gasteiger partial charge in [0.25, 0.3) is 11.8 Å². The summed E-state index contributed by atoms with van der Waals surface area (Å²) >= 11 is 0. The fourth-order valence-electron chi connectivity index (χ4n) is 3.59. The zero-order valence-corrected chi connectivity index (χ0v) is 17.7. The Balaban J connectivity index is 1.55. The maximum atomic E-state index is 13.5. The van der Waals surface area contributed by atoms with Gasteiger partial charge in [-0.2, -0.15) is 5.10 Å². The van der Waals surface area contributed by atoms with E-state index in [9.17, 15) is 14.0 Å². The first-order chi connectivity index (χ1) is 15.5. The number of hydrazone groups is 1. The Kier molecular flexibility index (Phi) is 6.02. The third-order valence-corrected chi connectivity index (χ3v) is 5.25. The first-order valence-electron chi connectivity index (χ1n) is 10.0. The van der Waals surface area contributed by atoms with Crippen LogP contribution in [0.3, 0.4) is 0 Å². The number of carbonyl (C=O) groups is 2. The van der Waals surface area contributed by atoms with Crippen molar-refractivity contribution in [3.05, 3.63) is 89.6 Å². The number of halogens is 1. The summed E-state index contributed by atoms with van der Waals surface area (Å²) in [5, 5.41) is 5.91. The molecule has 2 amide bonds. The highest BCUT2D eigenvalue weighted by Gasteiger charge is 2.35. The van der Waals surface area contributed by atoms with Gasteiger partial charge >= 0.3 is 0 Å². The number of benzene rings is 2. The molecule has 0 spiro atoms. The molecule has 0 N–H and O–H groups in total. The molecule has 0 radical (unpaired) electrons. The van der Waals surface area contributed by atoms with Gasteiger partial charge in [-0.15, -0.1) is 0 Å². The molecular weight excluding hydrogens is 413 g/mol. The van der Waals surface area contributed by atoms with E-state index < -0.39 is 17.8 Å². The summed E-state index contributed by atoms with van der Waals surface area (Å²) in [6.45, 7) is -0.216. The van der Waals surface area contributed by atoms with Gasteiger partial charge < -0.3 is 14.1 Å². The van der Waals surface area contributed by atoms with Crippen molar-refractivity contribution in [1.29, 1.82) is 0 Å². The fraction of sp³-hybridized carbons (Fsp3) is 0.208. The van der Waals surface area contributed by atoms with E-state index in [1.807, 2.05) is 24.3 Å². The Morgan fingerprint density at radius 1 is 1.19 bits per heavy atom. The van der Waals surface area contributed by atoms with Gasteiger partial charge in [0.15, 0.2) is 0 Å². The molecule has 0 unspecified atom stereocenters. The molecule has 4 rings (SSSR count). The number of amides is 2. The van der Waals surface area contributed by atoms with Crippen LogP contribution in [0.2, 0.25) is 0 Å². The summed E-state index contributed by atoms with van der Waals surface area (Å²) in [4.78, 5) is 27.0. The first kappa shape index (κ1) is 21.3. The lowest BCUT2D eigenvalue weighted by atomic mass is 10.0. The van der Waals surface area contributed by atoms with Crippen molar-refractivity contribution >= 4 is 17.5 Å². The zero-order valence-electron chi connectivity index (χ0n) is 17.7. The predicted octanol–water partition coefficient (Wildman–Crippen LogP) is 3.88. The van der Waals surface area contributed by atoms with Crippen LogP contribution in [0.4, 0.5) is 4.39 Å². The first-order valence-corrected chi connectivity index (χ1v) is 10.0. The monoisotopic (exact) mass is 435 g/mol. The number of hydrogen-bond donors (Lipinski definition) is 0. The Labute approximate surface area is 184 Å². The lowest BCUT2D eigenvalue weighted by Gasteiger charge is -2.23. The Morgan fingerprint density at radius 2 is 1.97 bits per heavy atom. The maximum absolute atomic E-state index is 13.5. The van der Waals surface area contributed by atoms with E-state index in [0.717, 1.165) is 23.1 Å². The van der Waals surface area contributed by atoms with Gasteiger partial charge in [-0.25, -0.2) is 9.40 Å². The Hall–Kier alpha value is -3.94. The lowest BCUT2D eigenvalue weighted by molar-refractivity contribution is -0.133. The van der Waals surface area contributed by atoms with Gasteiger partial charge in [-0.05, 0) is 60.2 Å². The summed E-state index contributed by atoms with van der Waals surface area (Å²) in [5.41, 5.74) is 1.76. The SMILES string of the molecule is COc1ccc(C2=NN(C(=O)CN(C)C(=O)c3cccc(F)c3)[C@@H](c3ccco3)C2)cc1. The van der Waals surface area contributed by atoms with E-state index in [0.29, 0.717) is 12.2 Å². The minimum Gasteiger partial charge on any atom is -0.497 e. The van der Waals surface area contributed by atoms with Crippen molar-refractivity contribution in [2.24, 2.45) is 5.10 Å². The third-order valence-electron chi connectivity index (χ3n) is 5.25. The number of nitrogens with zero attached hydrogens (tertiary/aromatic N) is 3. The third kappa shape index (κ3) is 4.39. The highest BCUT2D eigenvalue weighted by Crippen LogP contribution is 2.33. The average molecular weight is 435 g/mol. The predicted molar refractivity (Wildman–Crippen MR) is 116 cm³/mol.